The summed E-state index contributed by atoms with van der Waals surface area (Å²) in [6, 6.07) is 5.12. The van der Waals surface area contributed by atoms with Crippen LogP contribution in [0, 0.1) is 6.92 Å². The molecule has 0 radical (unpaired) electrons. The summed E-state index contributed by atoms with van der Waals surface area (Å²) in [5.74, 6) is 0. The van der Waals surface area contributed by atoms with Gasteiger partial charge in [0, 0.05) is 0 Å². The summed E-state index contributed by atoms with van der Waals surface area (Å²) in [7, 11) is 0. The molecule has 0 saturated carbocycles. The van der Waals surface area contributed by atoms with Gasteiger partial charge in [-0.05, 0) is 37.1 Å². The van der Waals surface area contributed by atoms with E-state index in [9.17, 15) is 20.4 Å². The molecule has 1 aromatic carbocycles. The molecule has 0 aliphatic rings. The van der Waals surface area contributed by atoms with Gasteiger partial charge >= 0.3 is 0 Å². The van der Waals surface area contributed by atoms with Crippen LogP contribution in [0.25, 0.3) is 5.69 Å². The second kappa shape index (κ2) is 6.95. The number of hydrogen-bond donors (Lipinski definition) is 4. The van der Waals surface area contributed by atoms with Gasteiger partial charge in [-0.15, -0.1) is 5.10 Å². The summed E-state index contributed by atoms with van der Waals surface area (Å²) >= 11 is 0. The minimum atomic E-state index is -1.93. The second-order valence-corrected chi connectivity index (χ2v) is 4.95. The number of aryl methyl sites for hydroxylation is 1. The molecule has 3 unspecified atom stereocenters. The first kappa shape index (κ1) is 16.5. The number of rotatable bonds is 6. The van der Waals surface area contributed by atoms with Gasteiger partial charge in [0.2, 0.25) is 0 Å². The van der Waals surface area contributed by atoms with Gasteiger partial charge in [-0.25, -0.2) is 4.68 Å². The van der Waals surface area contributed by atoms with Crippen molar-refractivity contribution in [3.8, 4) is 5.69 Å². The third-order valence-electron chi connectivity index (χ3n) is 3.22. The van der Waals surface area contributed by atoms with Crippen LogP contribution in [0.1, 0.15) is 24.2 Å². The van der Waals surface area contributed by atoms with Gasteiger partial charge in [-0.1, -0.05) is 11.3 Å². The Kier molecular flexibility index (Phi) is 5.22. The monoisotopic (exact) mass is 309 g/mol. The van der Waals surface area contributed by atoms with Gasteiger partial charge in [0.25, 0.3) is 0 Å². The highest BCUT2D eigenvalue weighted by Crippen LogP contribution is 2.26. The molecule has 1 aromatic heterocycles. The molecule has 4 N–H and O–H groups in total. The molecule has 2 aromatic rings. The Morgan fingerprint density at radius 2 is 1.91 bits per heavy atom. The maximum atomic E-state index is 10.3. The first-order valence-corrected chi connectivity index (χ1v) is 6.75. The molecule has 0 bridgehead atoms. The van der Waals surface area contributed by atoms with E-state index in [0.717, 1.165) is 5.69 Å². The second-order valence-electron chi connectivity index (χ2n) is 4.95. The summed E-state index contributed by atoms with van der Waals surface area (Å²) < 4.78 is 6.53. The van der Waals surface area contributed by atoms with E-state index in [1.165, 1.54) is 6.92 Å². The molecule has 0 aliphatic heterocycles. The van der Waals surface area contributed by atoms with Gasteiger partial charge < -0.3 is 25.2 Å². The molecular weight excluding hydrogens is 290 g/mol. The van der Waals surface area contributed by atoms with E-state index in [1.807, 2.05) is 0 Å². The van der Waals surface area contributed by atoms with Crippen molar-refractivity contribution in [3.63, 3.8) is 0 Å². The standard InChI is InChI=1S/C14H19N3O5/c1-8-7-10(17-6-5-15-16-17)3-4-11(8)12(19)13(14(20)21)22-9(2)18/h3-7,9,12-14,18-21H,1-2H3. The van der Waals surface area contributed by atoms with Gasteiger partial charge in [0.05, 0.1) is 18.1 Å². The minimum Gasteiger partial charge on any atom is -0.385 e. The van der Waals surface area contributed by atoms with Crippen LogP contribution < -0.4 is 0 Å². The molecule has 22 heavy (non-hydrogen) atoms. The fourth-order valence-electron chi connectivity index (χ4n) is 2.19. The lowest BCUT2D eigenvalue weighted by atomic mass is 9.98. The van der Waals surface area contributed by atoms with Crippen LogP contribution in [-0.2, 0) is 4.74 Å². The third-order valence-corrected chi connectivity index (χ3v) is 3.22. The Bertz CT molecular complexity index is 601. The lowest BCUT2D eigenvalue weighted by Gasteiger charge is -2.27. The number of nitrogens with zero attached hydrogens (tertiary/aromatic N) is 3. The Hall–Kier alpha value is -1.84. The highest BCUT2D eigenvalue weighted by Gasteiger charge is 2.30. The van der Waals surface area contributed by atoms with Gasteiger partial charge in [0.15, 0.2) is 12.6 Å². The predicted molar refractivity (Wildman–Crippen MR) is 75.8 cm³/mol. The summed E-state index contributed by atoms with van der Waals surface area (Å²) in [6.07, 6.45) is -2.61. The summed E-state index contributed by atoms with van der Waals surface area (Å²) in [5, 5.41) is 45.8. The van der Waals surface area contributed by atoms with Crippen molar-refractivity contribution in [1.29, 1.82) is 0 Å². The first-order chi connectivity index (χ1) is 10.4. The average molecular weight is 309 g/mol. The molecular formula is C14H19N3O5. The molecule has 0 fully saturated rings. The van der Waals surface area contributed by atoms with E-state index < -0.39 is 24.8 Å². The molecule has 0 saturated heterocycles. The van der Waals surface area contributed by atoms with E-state index in [1.54, 1.807) is 42.2 Å². The molecule has 1 heterocycles. The van der Waals surface area contributed by atoms with Crippen molar-refractivity contribution in [2.75, 3.05) is 0 Å². The Labute approximate surface area is 127 Å². The number of hydrogen-bond acceptors (Lipinski definition) is 7. The molecule has 8 nitrogen and oxygen atoms in total. The van der Waals surface area contributed by atoms with Crippen LogP contribution in [0.4, 0.5) is 0 Å². The highest BCUT2D eigenvalue weighted by atomic mass is 16.6. The topological polar surface area (TPSA) is 121 Å². The zero-order valence-corrected chi connectivity index (χ0v) is 12.2. The fraction of sp³-hybridized carbons (Fsp3) is 0.429. The number of aromatic nitrogens is 3. The number of aliphatic hydroxyl groups is 4. The lowest BCUT2D eigenvalue weighted by Crippen LogP contribution is -2.37. The van der Waals surface area contributed by atoms with Crippen LogP contribution >= 0.6 is 0 Å². The summed E-state index contributed by atoms with van der Waals surface area (Å²) in [4.78, 5) is 0. The van der Waals surface area contributed by atoms with Gasteiger partial charge in [-0.2, -0.15) is 0 Å². The van der Waals surface area contributed by atoms with Crippen LogP contribution in [0.5, 0.6) is 0 Å². The van der Waals surface area contributed by atoms with Crippen molar-refractivity contribution >= 4 is 0 Å². The van der Waals surface area contributed by atoms with Crippen LogP contribution in [-0.4, -0.2) is 54.1 Å². The van der Waals surface area contributed by atoms with Crippen LogP contribution in [0.3, 0.4) is 0 Å². The van der Waals surface area contributed by atoms with Crippen LogP contribution in [0.15, 0.2) is 30.6 Å². The molecule has 0 aliphatic carbocycles. The van der Waals surface area contributed by atoms with Crippen molar-refractivity contribution in [2.45, 2.75) is 38.6 Å². The largest absolute Gasteiger partial charge is 0.385 e. The number of ether oxygens (including phenoxy) is 1. The minimum absolute atomic E-state index is 0.461. The van der Waals surface area contributed by atoms with Gasteiger partial charge in [-0.3, -0.25) is 0 Å². The third kappa shape index (κ3) is 3.67. The Balaban J connectivity index is 2.27. The number of aliphatic hydroxyl groups excluding tert-OH is 3. The van der Waals surface area contributed by atoms with Crippen molar-refractivity contribution in [1.82, 2.24) is 15.0 Å². The first-order valence-electron chi connectivity index (χ1n) is 6.75. The smallest absolute Gasteiger partial charge is 0.181 e. The molecule has 0 spiro atoms. The summed E-state index contributed by atoms with van der Waals surface area (Å²) in [6.45, 7) is 3.09. The molecule has 120 valence electrons. The van der Waals surface area contributed by atoms with E-state index in [2.05, 4.69) is 10.3 Å². The van der Waals surface area contributed by atoms with E-state index in [-0.39, 0.29) is 0 Å². The molecule has 0 amide bonds. The SMILES string of the molecule is Cc1cc(-n2ccnn2)ccc1C(O)C(OC(C)O)C(O)O. The predicted octanol–water partition coefficient (Wildman–Crippen LogP) is -0.357. The quantitative estimate of drug-likeness (QED) is 0.538. The maximum Gasteiger partial charge on any atom is 0.181 e. The highest BCUT2D eigenvalue weighted by molar-refractivity contribution is 5.40. The van der Waals surface area contributed by atoms with E-state index >= 15 is 0 Å². The van der Waals surface area contributed by atoms with Gasteiger partial charge in [0.1, 0.15) is 12.2 Å². The van der Waals surface area contributed by atoms with Crippen molar-refractivity contribution < 1.29 is 25.2 Å². The van der Waals surface area contributed by atoms with Crippen molar-refractivity contribution in [2.24, 2.45) is 0 Å². The normalized spacial score (nSPS) is 15.8. The van der Waals surface area contributed by atoms with E-state index in [4.69, 9.17) is 4.74 Å². The average Bonchev–Trinajstić information content (AvgIpc) is 2.97. The van der Waals surface area contributed by atoms with Crippen LogP contribution in [0.2, 0.25) is 0 Å². The Morgan fingerprint density at radius 3 is 2.41 bits per heavy atom. The molecule has 2 rings (SSSR count). The molecule has 3 atom stereocenters. The number of benzene rings is 1. The maximum absolute atomic E-state index is 10.3. The zero-order valence-electron chi connectivity index (χ0n) is 12.2. The summed E-state index contributed by atoms with van der Waals surface area (Å²) in [5.41, 5.74) is 1.92. The Morgan fingerprint density at radius 1 is 1.18 bits per heavy atom. The zero-order chi connectivity index (χ0) is 16.3. The lowest BCUT2D eigenvalue weighted by molar-refractivity contribution is -0.233. The fourth-order valence-corrected chi connectivity index (χ4v) is 2.19. The van der Waals surface area contributed by atoms with Crippen molar-refractivity contribution in [3.05, 3.63) is 41.7 Å². The molecule has 8 heteroatoms. The van der Waals surface area contributed by atoms with E-state index in [0.29, 0.717) is 11.1 Å².